The van der Waals surface area contributed by atoms with Gasteiger partial charge < -0.3 is 5.73 Å². The van der Waals surface area contributed by atoms with Gasteiger partial charge in [0.25, 0.3) is 0 Å². The lowest BCUT2D eigenvalue weighted by Crippen LogP contribution is -2.27. The van der Waals surface area contributed by atoms with Gasteiger partial charge >= 0.3 is 0 Å². The number of benzene rings is 1. The van der Waals surface area contributed by atoms with E-state index < -0.39 is 0 Å². The number of rotatable bonds is 4. The molecule has 0 saturated carbocycles. The first-order valence-corrected chi connectivity index (χ1v) is 5.51. The van der Waals surface area contributed by atoms with E-state index in [4.69, 9.17) is 17.3 Å². The molecule has 0 fully saturated rings. The maximum absolute atomic E-state index is 5.92. The second-order valence-electron chi connectivity index (χ2n) is 3.86. The lowest BCUT2D eigenvalue weighted by atomic mass is 9.91. The first-order chi connectivity index (χ1) is 6.63. The van der Waals surface area contributed by atoms with Crippen molar-refractivity contribution in [2.24, 2.45) is 11.7 Å². The van der Waals surface area contributed by atoms with Gasteiger partial charge in [-0.25, -0.2) is 0 Å². The summed E-state index contributed by atoms with van der Waals surface area (Å²) >= 11 is 5.92. The van der Waals surface area contributed by atoms with E-state index in [1.165, 1.54) is 5.56 Å². The summed E-state index contributed by atoms with van der Waals surface area (Å²) in [5, 5.41) is 0.807. The minimum absolute atomic E-state index is 0.249. The van der Waals surface area contributed by atoms with Crippen LogP contribution >= 0.6 is 11.6 Å². The molecule has 2 unspecified atom stereocenters. The van der Waals surface area contributed by atoms with Gasteiger partial charge in [-0.2, -0.15) is 0 Å². The van der Waals surface area contributed by atoms with Gasteiger partial charge in [-0.1, -0.05) is 37.1 Å². The number of hydrogen-bond donors (Lipinski definition) is 1. The summed E-state index contributed by atoms with van der Waals surface area (Å²) in [7, 11) is 0. The highest BCUT2D eigenvalue weighted by molar-refractivity contribution is 6.30. The molecule has 1 nitrogen and oxygen atoms in total. The number of hydrogen-bond acceptors (Lipinski definition) is 1. The molecular weight excluding hydrogens is 194 g/mol. The van der Waals surface area contributed by atoms with Gasteiger partial charge in [0.05, 0.1) is 0 Å². The zero-order valence-corrected chi connectivity index (χ0v) is 9.59. The molecule has 0 saturated heterocycles. The molecule has 0 heterocycles. The second kappa shape index (κ2) is 5.38. The molecule has 0 amide bonds. The van der Waals surface area contributed by atoms with E-state index in [9.17, 15) is 0 Å². The van der Waals surface area contributed by atoms with Crippen LogP contribution in [0.25, 0.3) is 0 Å². The van der Waals surface area contributed by atoms with Crippen molar-refractivity contribution < 1.29 is 0 Å². The van der Waals surface area contributed by atoms with Crippen molar-refractivity contribution in [3.8, 4) is 0 Å². The molecule has 0 spiro atoms. The predicted molar refractivity (Wildman–Crippen MR) is 62.6 cm³/mol. The Kier molecular flexibility index (Phi) is 4.43. The summed E-state index contributed by atoms with van der Waals surface area (Å²) in [6, 6.07) is 8.27. The SMILES string of the molecule is CCC(Cc1cccc(Cl)c1)C(C)N. The zero-order valence-electron chi connectivity index (χ0n) is 8.83. The molecule has 0 aliphatic heterocycles. The molecule has 0 radical (unpaired) electrons. The van der Waals surface area contributed by atoms with Gasteiger partial charge in [-0.05, 0) is 37.0 Å². The van der Waals surface area contributed by atoms with Crippen LogP contribution < -0.4 is 5.73 Å². The van der Waals surface area contributed by atoms with Crippen molar-refractivity contribution in [3.63, 3.8) is 0 Å². The Hall–Kier alpha value is -0.530. The van der Waals surface area contributed by atoms with Crippen molar-refractivity contribution in [1.82, 2.24) is 0 Å². The highest BCUT2D eigenvalue weighted by Gasteiger charge is 2.11. The van der Waals surface area contributed by atoms with Crippen molar-refractivity contribution >= 4 is 11.6 Å². The molecule has 1 rings (SSSR count). The Morgan fingerprint density at radius 2 is 2.14 bits per heavy atom. The summed E-state index contributed by atoms with van der Waals surface area (Å²) in [4.78, 5) is 0. The van der Waals surface area contributed by atoms with Crippen LogP contribution in [0, 0.1) is 5.92 Å². The lowest BCUT2D eigenvalue weighted by Gasteiger charge is -2.18. The quantitative estimate of drug-likeness (QED) is 0.813. The highest BCUT2D eigenvalue weighted by atomic mass is 35.5. The summed E-state index contributed by atoms with van der Waals surface area (Å²) in [5.41, 5.74) is 7.18. The Labute approximate surface area is 91.3 Å². The van der Waals surface area contributed by atoms with Gasteiger partial charge in [0.15, 0.2) is 0 Å². The topological polar surface area (TPSA) is 26.0 Å². The van der Waals surface area contributed by atoms with E-state index in [2.05, 4.69) is 19.9 Å². The van der Waals surface area contributed by atoms with Crippen molar-refractivity contribution in [2.75, 3.05) is 0 Å². The Balaban J connectivity index is 2.67. The summed E-state index contributed by atoms with van der Waals surface area (Å²) in [5.74, 6) is 0.550. The van der Waals surface area contributed by atoms with Crippen LogP contribution in [-0.4, -0.2) is 6.04 Å². The first-order valence-electron chi connectivity index (χ1n) is 5.13. The zero-order chi connectivity index (χ0) is 10.6. The van der Waals surface area contributed by atoms with Crippen molar-refractivity contribution in [3.05, 3.63) is 34.9 Å². The molecule has 14 heavy (non-hydrogen) atoms. The maximum atomic E-state index is 5.92. The highest BCUT2D eigenvalue weighted by Crippen LogP contribution is 2.17. The second-order valence-corrected chi connectivity index (χ2v) is 4.30. The van der Waals surface area contributed by atoms with Crippen molar-refractivity contribution in [1.29, 1.82) is 0 Å². The molecule has 1 aromatic rings. The van der Waals surface area contributed by atoms with Gasteiger partial charge in [0, 0.05) is 11.1 Å². The molecule has 2 N–H and O–H groups in total. The van der Waals surface area contributed by atoms with Crippen LogP contribution in [0.3, 0.4) is 0 Å². The third-order valence-corrected chi connectivity index (χ3v) is 2.89. The predicted octanol–water partition coefficient (Wildman–Crippen LogP) is 3.26. The molecule has 0 bridgehead atoms. The van der Waals surface area contributed by atoms with Crippen LogP contribution in [0.1, 0.15) is 25.8 Å². The van der Waals surface area contributed by atoms with Crippen LogP contribution in [0.2, 0.25) is 5.02 Å². The third kappa shape index (κ3) is 3.32. The normalized spacial score (nSPS) is 15.1. The molecule has 0 aromatic heterocycles. The summed E-state index contributed by atoms with van der Waals surface area (Å²) in [6.45, 7) is 4.25. The van der Waals surface area contributed by atoms with E-state index in [1.807, 2.05) is 18.2 Å². The maximum Gasteiger partial charge on any atom is 0.0408 e. The van der Waals surface area contributed by atoms with E-state index >= 15 is 0 Å². The fourth-order valence-corrected chi connectivity index (χ4v) is 1.88. The van der Waals surface area contributed by atoms with Crippen LogP contribution in [0.15, 0.2) is 24.3 Å². The molecule has 2 heteroatoms. The molecule has 1 aromatic carbocycles. The standard InChI is InChI=1S/C12H18ClN/c1-3-11(9(2)14)7-10-5-4-6-12(13)8-10/h4-6,8-9,11H,3,7,14H2,1-2H3. The summed E-state index contributed by atoms with van der Waals surface area (Å²) in [6.07, 6.45) is 2.14. The van der Waals surface area contributed by atoms with E-state index in [0.29, 0.717) is 5.92 Å². The molecule has 78 valence electrons. The van der Waals surface area contributed by atoms with Crippen molar-refractivity contribution in [2.45, 2.75) is 32.7 Å². The first kappa shape index (κ1) is 11.5. The number of halogens is 1. The molecular formula is C12H18ClN. The monoisotopic (exact) mass is 211 g/mol. The van der Waals surface area contributed by atoms with Gasteiger partial charge in [-0.3, -0.25) is 0 Å². The van der Waals surface area contributed by atoms with E-state index in [0.717, 1.165) is 17.9 Å². The van der Waals surface area contributed by atoms with Gasteiger partial charge in [-0.15, -0.1) is 0 Å². The average Bonchev–Trinajstić information content (AvgIpc) is 2.14. The Morgan fingerprint density at radius 1 is 1.43 bits per heavy atom. The lowest BCUT2D eigenvalue weighted by molar-refractivity contribution is 0.428. The largest absolute Gasteiger partial charge is 0.328 e. The minimum atomic E-state index is 0.249. The summed E-state index contributed by atoms with van der Waals surface area (Å²) < 4.78 is 0. The average molecular weight is 212 g/mol. The smallest absolute Gasteiger partial charge is 0.0408 e. The van der Waals surface area contributed by atoms with Crippen LogP contribution in [0.4, 0.5) is 0 Å². The van der Waals surface area contributed by atoms with E-state index in [1.54, 1.807) is 0 Å². The molecule has 0 aliphatic carbocycles. The van der Waals surface area contributed by atoms with Gasteiger partial charge in [0.2, 0.25) is 0 Å². The fourth-order valence-electron chi connectivity index (χ4n) is 1.67. The Morgan fingerprint density at radius 3 is 2.64 bits per heavy atom. The Bertz CT molecular complexity index is 283. The fraction of sp³-hybridized carbons (Fsp3) is 0.500. The molecule has 0 aliphatic rings. The molecule has 2 atom stereocenters. The van der Waals surface area contributed by atoms with E-state index in [-0.39, 0.29) is 6.04 Å². The van der Waals surface area contributed by atoms with Gasteiger partial charge in [0.1, 0.15) is 0 Å². The third-order valence-electron chi connectivity index (χ3n) is 2.65. The van der Waals surface area contributed by atoms with Crippen LogP contribution in [-0.2, 0) is 6.42 Å². The van der Waals surface area contributed by atoms with Crippen LogP contribution in [0.5, 0.6) is 0 Å². The number of nitrogens with two attached hydrogens (primary N) is 1. The minimum Gasteiger partial charge on any atom is -0.328 e.